The Labute approximate surface area is 148 Å². The second kappa shape index (κ2) is 7.54. The van der Waals surface area contributed by atoms with Crippen LogP contribution in [0.15, 0.2) is 18.2 Å². The summed E-state index contributed by atoms with van der Waals surface area (Å²) >= 11 is 0. The summed E-state index contributed by atoms with van der Waals surface area (Å²) in [7, 11) is 1.41. The van der Waals surface area contributed by atoms with E-state index >= 15 is 0 Å². The van der Waals surface area contributed by atoms with Crippen molar-refractivity contribution in [2.75, 3.05) is 7.11 Å². The quantitative estimate of drug-likeness (QED) is 0.760. The first-order valence-electron chi connectivity index (χ1n) is 9.15. The molecule has 0 saturated heterocycles. The molecule has 0 aliphatic heterocycles. The fraction of sp³-hybridized carbons (Fsp3) is 0.600. The first-order chi connectivity index (χ1) is 12.0. The summed E-state index contributed by atoms with van der Waals surface area (Å²) in [6, 6.07) is 5.20. The van der Waals surface area contributed by atoms with E-state index in [4.69, 9.17) is 4.74 Å². The smallest absolute Gasteiger partial charge is 0.305 e. The van der Waals surface area contributed by atoms with E-state index in [9.17, 15) is 14.0 Å². The van der Waals surface area contributed by atoms with Crippen molar-refractivity contribution >= 4 is 11.9 Å². The van der Waals surface area contributed by atoms with Gasteiger partial charge >= 0.3 is 5.97 Å². The number of methoxy groups -OCH3 is 1. The number of amides is 1. The van der Waals surface area contributed by atoms with Crippen molar-refractivity contribution in [3.05, 3.63) is 35.1 Å². The second-order valence-electron chi connectivity index (χ2n) is 7.38. The fourth-order valence-corrected chi connectivity index (χ4v) is 3.86. The van der Waals surface area contributed by atoms with Crippen molar-refractivity contribution in [1.29, 1.82) is 0 Å². The first kappa shape index (κ1) is 17.9. The highest BCUT2D eigenvalue weighted by atomic mass is 19.1. The van der Waals surface area contributed by atoms with Gasteiger partial charge in [0.25, 0.3) is 5.91 Å². The fourth-order valence-electron chi connectivity index (χ4n) is 3.86. The lowest BCUT2D eigenvalue weighted by atomic mass is 9.83. The van der Waals surface area contributed by atoms with Crippen molar-refractivity contribution in [2.24, 2.45) is 5.92 Å². The third kappa shape index (κ3) is 4.20. The number of hydrogen-bond donors (Lipinski definition) is 0. The van der Waals surface area contributed by atoms with E-state index in [0.717, 1.165) is 44.1 Å². The van der Waals surface area contributed by atoms with Crippen molar-refractivity contribution < 1.29 is 18.7 Å². The minimum atomic E-state index is -0.435. The van der Waals surface area contributed by atoms with Gasteiger partial charge in [-0.2, -0.15) is 0 Å². The maximum atomic E-state index is 14.3. The molecule has 2 aliphatic rings. The van der Waals surface area contributed by atoms with Crippen molar-refractivity contribution in [1.82, 2.24) is 4.90 Å². The van der Waals surface area contributed by atoms with Gasteiger partial charge in [0, 0.05) is 18.5 Å². The molecule has 0 bridgehead atoms. The Morgan fingerprint density at radius 3 is 2.24 bits per heavy atom. The predicted octanol–water partition coefficient (Wildman–Crippen LogP) is 3.86. The van der Waals surface area contributed by atoms with Gasteiger partial charge < -0.3 is 9.64 Å². The van der Waals surface area contributed by atoms with E-state index in [0.29, 0.717) is 12.3 Å². The molecule has 1 amide bonds. The van der Waals surface area contributed by atoms with E-state index in [1.54, 1.807) is 12.1 Å². The zero-order chi connectivity index (χ0) is 18.0. The highest BCUT2D eigenvalue weighted by molar-refractivity contribution is 5.95. The number of esters is 1. The minimum absolute atomic E-state index is 0.148. The van der Waals surface area contributed by atoms with Crippen LogP contribution in [-0.2, 0) is 9.53 Å². The molecule has 5 heteroatoms. The molecule has 2 saturated carbocycles. The Kier molecular flexibility index (Phi) is 5.40. The van der Waals surface area contributed by atoms with Crippen LogP contribution in [0.1, 0.15) is 60.9 Å². The van der Waals surface area contributed by atoms with E-state index < -0.39 is 5.82 Å². The standard InChI is InChI=1S/C20H26FNO3/c1-13-3-10-17(18(21)11-13)20(24)22(16-8-9-16)15-6-4-14(5-7-15)12-19(23)25-2/h3,10-11,14-16H,4-9,12H2,1-2H3/t14-,15-. The van der Waals surface area contributed by atoms with Crippen LogP contribution in [0.25, 0.3) is 0 Å². The summed E-state index contributed by atoms with van der Waals surface area (Å²) in [5.41, 5.74) is 0.990. The molecular weight excluding hydrogens is 321 g/mol. The molecule has 0 spiro atoms. The molecule has 0 heterocycles. The van der Waals surface area contributed by atoms with E-state index in [-0.39, 0.29) is 29.5 Å². The predicted molar refractivity (Wildman–Crippen MR) is 92.7 cm³/mol. The van der Waals surface area contributed by atoms with Crippen LogP contribution < -0.4 is 0 Å². The molecule has 2 aliphatic carbocycles. The monoisotopic (exact) mass is 347 g/mol. The largest absolute Gasteiger partial charge is 0.469 e. The third-order valence-electron chi connectivity index (χ3n) is 5.42. The topological polar surface area (TPSA) is 46.6 Å². The molecule has 3 rings (SSSR count). The number of rotatable bonds is 5. The van der Waals surface area contributed by atoms with Gasteiger partial charge in [0.2, 0.25) is 0 Å². The molecule has 0 atom stereocenters. The molecule has 1 aromatic rings. The molecule has 0 radical (unpaired) electrons. The Hall–Kier alpha value is -1.91. The van der Waals surface area contributed by atoms with Crippen LogP contribution in [0, 0.1) is 18.7 Å². The number of carbonyl (C=O) groups is 2. The highest BCUT2D eigenvalue weighted by Crippen LogP contribution is 2.37. The molecule has 2 fully saturated rings. The van der Waals surface area contributed by atoms with Crippen LogP contribution in [-0.4, -0.2) is 36.0 Å². The molecule has 136 valence electrons. The van der Waals surface area contributed by atoms with Crippen LogP contribution in [0.4, 0.5) is 4.39 Å². The molecule has 0 aromatic heterocycles. The molecule has 1 aromatic carbocycles. The number of halogens is 1. The normalized spacial score (nSPS) is 23.2. The van der Waals surface area contributed by atoms with Crippen molar-refractivity contribution in [3.63, 3.8) is 0 Å². The summed E-state index contributed by atoms with van der Waals surface area (Å²) in [5.74, 6) is -0.456. The first-order valence-corrected chi connectivity index (χ1v) is 9.15. The summed E-state index contributed by atoms with van der Waals surface area (Å²) < 4.78 is 19.0. The van der Waals surface area contributed by atoms with E-state index in [2.05, 4.69) is 0 Å². The molecular formula is C20H26FNO3. The Morgan fingerprint density at radius 2 is 1.72 bits per heavy atom. The SMILES string of the molecule is COC(=O)C[C@H]1CC[C@H](N(C(=O)c2ccc(C)cc2F)C2CC2)CC1. The minimum Gasteiger partial charge on any atom is -0.469 e. The number of hydrogen-bond acceptors (Lipinski definition) is 3. The van der Waals surface area contributed by atoms with Gasteiger partial charge in [0.05, 0.1) is 12.7 Å². The maximum absolute atomic E-state index is 14.3. The molecule has 4 nitrogen and oxygen atoms in total. The zero-order valence-electron chi connectivity index (χ0n) is 15.0. The Morgan fingerprint density at radius 1 is 1.12 bits per heavy atom. The van der Waals surface area contributed by atoms with Crippen LogP contribution >= 0.6 is 0 Å². The summed E-state index contributed by atoms with van der Waals surface area (Å²) in [5, 5.41) is 0. The van der Waals surface area contributed by atoms with E-state index in [1.165, 1.54) is 13.2 Å². The lowest BCUT2D eigenvalue weighted by molar-refractivity contribution is -0.142. The lowest BCUT2D eigenvalue weighted by Gasteiger charge is -2.37. The summed E-state index contributed by atoms with van der Waals surface area (Å²) in [6.45, 7) is 1.82. The van der Waals surface area contributed by atoms with Crippen LogP contribution in [0.5, 0.6) is 0 Å². The van der Waals surface area contributed by atoms with Crippen LogP contribution in [0.2, 0.25) is 0 Å². The molecule has 0 N–H and O–H groups in total. The average Bonchev–Trinajstić information content (AvgIpc) is 3.41. The van der Waals surface area contributed by atoms with Crippen molar-refractivity contribution in [3.8, 4) is 0 Å². The Balaban J connectivity index is 1.68. The molecule has 0 unspecified atom stereocenters. The maximum Gasteiger partial charge on any atom is 0.305 e. The van der Waals surface area contributed by atoms with Crippen LogP contribution in [0.3, 0.4) is 0 Å². The van der Waals surface area contributed by atoms with E-state index in [1.807, 2.05) is 11.8 Å². The average molecular weight is 347 g/mol. The van der Waals surface area contributed by atoms with Crippen molar-refractivity contribution in [2.45, 2.75) is 64.0 Å². The second-order valence-corrected chi connectivity index (χ2v) is 7.38. The lowest BCUT2D eigenvalue weighted by Crippen LogP contribution is -2.44. The number of aryl methyl sites for hydroxylation is 1. The van der Waals surface area contributed by atoms with Gasteiger partial charge in [-0.3, -0.25) is 9.59 Å². The zero-order valence-corrected chi connectivity index (χ0v) is 15.0. The van der Waals surface area contributed by atoms with Gasteiger partial charge in [-0.15, -0.1) is 0 Å². The number of benzene rings is 1. The number of carbonyl (C=O) groups excluding carboxylic acids is 2. The summed E-state index contributed by atoms with van der Waals surface area (Å²) in [4.78, 5) is 26.3. The third-order valence-corrected chi connectivity index (χ3v) is 5.42. The van der Waals surface area contributed by atoms with Gasteiger partial charge in [0.15, 0.2) is 0 Å². The van der Waals surface area contributed by atoms with Gasteiger partial charge in [-0.25, -0.2) is 4.39 Å². The van der Waals surface area contributed by atoms with Gasteiger partial charge in [-0.1, -0.05) is 6.07 Å². The molecule has 25 heavy (non-hydrogen) atoms. The highest BCUT2D eigenvalue weighted by Gasteiger charge is 2.40. The number of ether oxygens (including phenoxy) is 1. The van der Waals surface area contributed by atoms with Gasteiger partial charge in [0.1, 0.15) is 5.82 Å². The number of nitrogens with zero attached hydrogens (tertiary/aromatic N) is 1. The Bertz CT molecular complexity index is 648. The summed E-state index contributed by atoms with van der Waals surface area (Å²) in [6.07, 6.45) is 6.02. The van der Waals surface area contributed by atoms with Gasteiger partial charge in [-0.05, 0) is 69.1 Å².